The van der Waals surface area contributed by atoms with Gasteiger partial charge in [0.05, 0.1) is 19.3 Å². The fourth-order valence-electron chi connectivity index (χ4n) is 1.42. The number of carbonyl (C=O) groups is 1. The smallest absolute Gasteiger partial charge is 0.358 e. The summed E-state index contributed by atoms with van der Waals surface area (Å²) in [4.78, 5) is 10.5. The van der Waals surface area contributed by atoms with Crippen molar-refractivity contribution in [1.82, 2.24) is 15.0 Å². The molecule has 0 radical (unpaired) electrons. The first-order valence-corrected chi connectivity index (χ1v) is 5.47. The predicted molar refractivity (Wildman–Crippen MR) is 55.1 cm³/mol. The third-order valence-electron chi connectivity index (χ3n) is 2.59. The highest BCUT2D eigenvalue weighted by molar-refractivity contribution is 5.84. The highest BCUT2D eigenvalue weighted by Gasteiger charge is 2.20. The summed E-state index contributed by atoms with van der Waals surface area (Å²) >= 11 is 0. The first-order valence-electron chi connectivity index (χ1n) is 5.47. The van der Waals surface area contributed by atoms with Crippen LogP contribution in [0.3, 0.4) is 0 Å². The van der Waals surface area contributed by atoms with E-state index in [1.807, 2.05) is 0 Å². The SMILES string of the molecule is O=C(O)c1cn(CCOCCC2CC2)nn1. The van der Waals surface area contributed by atoms with Crippen LogP contribution in [-0.4, -0.2) is 39.3 Å². The number of carboxylic acid groups (broad SMARTS) is 1. The summed E-state index contributed by atoms with van der Waals surface area (Å²) in [5.74, 6) is -0.175. The molecule has 1 N–H and O–H groups in total. The maximum atomic E-state index is 10.5. The van der Waals surface area contributed by atoms with Crippen molar-refractivity contribution in [2.24, 2.45) is 5.92 Å². The molecule has 1 heterocycles. The molecule has 1 fully saturated rings. The van der Waals surface area contributed by atoms with E-state index in [-0.39, 0.29) is 5.69 Å². The van der Waals surface area contributed by atoms with Crippen LogP contribution in [0.2, 0.25) is 0 Å². The van der Waals surface area contributed by atoms with Gasteiger partial charge in [-0.2, -0.15) is 0 Å². The predicted octanol–water partition coefficient (Wildman–Crippen LogP) is 0.793. The number of hydrogen-bond donors (Lipinski definition) is 1. The van der Waals surface area contributed by atoms with Crippen molar-refractivity contribution in [2.45, 2.75) is 25.8 Å². The van der Waals surface area contributed by atoms with Crippen molar-refractivity contribution >= 4 is 5.97 Å². The van der Waals surface area contributed by atoms with Crippen molar-refractivity contribution < 1.29 is 14.6 Å². The van der Waals surface area contributed by atoms with Crippen molar-refractivity contribution in [3.8, 4) is 0 Å². The third kappa shape index (κ3) is 3.30. The Kier molecular flexibility index (Phi) is 3.51. The molecular weight excluding hydrogens is 210 g/mol. The zero-order chi connectivity index (χ0) is 11.4. The number of rotatable bonds is 7. The van der Waals surface area contributed by atoms with Crippen molar-refractivity contribution in [2.75, 3.05) is 13.2 Å². The molecule has 0 atom stereocenters. The van der Waals surface area contributed by atoms with Gasteiger partial charge in [0, 0.05) is 6.61 Å². The zero-order valence-electron chi connectivity index (χ0n) is 9.00. The highest BCUT2D eigenvalue weighted by Crippen LogP contribution is 2.31. The molecule has 1 aromatic heterocycles. The van der Waals surface area contributed by atoms with Gasteiger partial charge in [-0.25, -0.2) is 9.48 Å². The molecule has 2 rings (SSSR count). The molecular formula is C10H15N3O3. The van der Waals surface area contributed by atoms with E-state index in [2.05, 4.69) is 10.3 Å². The van der Waals surface area contributed by atoms with Crippen LogP contribution in [0, 0.1) is 5.92 Å². The zero-order valence-corrected chi connectivity index (χ0v) is 9.00. The van der Waals surface area contributed by atoms with Gasteiger partial charge < -0.3 is 9.84 Å². The maximum absolute atomic E-state index is 10.5. The molecule has 0 saturated heterocycles. The van der Waals surface area contributed by atoms with Crippen molar-refractivity contribution in [3.05, 3.63) is 11.9 Å². The molecule has 1 aliphatic rings. The van der Waals surface area contributed by atoms with E-state index in [1.54, 1.807) is 0 Å². The molecule has 0 spiro atoms. The molecule has 0 aliphatic heterocycles. The molecule has 16 heavy (non-hydrogen) atoms. The van der Waals surface area contributed by atoms with Crippen molar-refractivity contribution in [3.63, 3.8) is 0 Å². The molecule has 0 unspecified atom stereocenters. The highest BCUT2D eigenvalue weighted by atomic mass is 16.5. The molecule has 1 saturated carbocycles. The number of hydrogen-bond acceptors (Lipinski definition) is 4. The summed E-state index contributed by atoms with van der Waals surface area (Å²) in [6.07, 6.45) is 5.23. The summed E-state index contributed by atoms with van der Waals surface area (Å²) in [7, 11) is 0. The Morgan fingerprint density at radius 2 is 2.38 bits per heavy atom. The van der Waals surface area contributed by atoms with Gasteiger partial charge in [-0.05, 0) is 12.3 Å². The Balaban J connectivity index is 1.62. The Hall–Kier alpha value is -1.43. The number of aromatic carboxylic acids is 1. The van der Waals surface area contributed by atoms with Gasteiger partial charge in [0.2, 0.25) is 0 Å². The van der Waals surface area contributed by atoms with E-state index in [9.17, 15) is 4.79 Å². The minimum Gasteiger partial charge on any atom is -0.476 e. The van der Waals surface area contributed by atoms with E-state index in [1.165, 1.54) is 23.7 Å². The standard InChI is InChI=1S/C10H15N3O3/c14-10(15)9-7-13(12-11-9)4-6-16-5-3-8-1-2-8/h7-8H,1-6H2,(H,14,15). The lowest BCUT2D eigenvalue weighted by atomic mass is 10.3. The third-order valence-corrected chi connectivity index (χ3v) is 2.59. The number of nitrogens with zero attached hydrogens (tertiary/aromatic N) is 3. The monoisotopic (exact) mass is 225 g/mol. The summed E-state index contributed by atoms with van der Waals surface area (Å²) in [6, 6.07) is 0. The van der Waals surface area contributed by atoms with Gasteiger partial charge >= 0.3 is 5.97 Å². The average Bonchev–Trinajstić information content (AvgIpc) is 2.94. The van der Waals surface area contributed by atoms with Crippen LogP contribution >= 0.6 is 0 Å². The fourth-order valence-corrected chi connectivity index (χ4v) is 1.42. The molecule has 88 valence electrons. The second kappa shape index (κ2) is 5.07. The number of aromatic nitrogens is 3. The van der Waals surface area contributed by atoms with Gasteiger partial charge in [0.15, 0.2) is 5.69 Å². The Labute approximate surface area is 93.2 Å². The second-order valence-electron chi connectivity index (χ2n) is 4.02. The van der Waals surface area contributed by atoms with E-state index >= 15 is 0 Å². The van der Waals surface area contributed by atoms with Crippen LogP contribution in [0.15, 0.2) is 6.20 Å². The van der Waals surface area contributed by atoms with Crippen LogP contribution in [0.25, 0.3) is 0 Å². The van der Waals surface area contributed by atoms with Crippen molar-refractivity contribution in [1.29, 1.82) is 0 Å². The van der Waals surface area contributed by atoms with E-state index in [4.69, 9.17) is 9.84 Å². The quantitative estimate of drug-likeness (QED) is 0.694. The van der Waals surface area contributed by atoms with Crippen LogP contribution in [0.5, 0.6) is 0 Å². The summed E-state index contributed by atoms with van der Waals surface area (Å²) in [6.45, 7) is 1.88. The lowest BCUT2D eigenvalue weighted by molar-refractivity contribution is 0.0690. The van der Waals surface area contributed by atoms with Gasteiger partial charge in [0.1, 0.15) is 0 Å². The molecule has 0 amide bonds. The topological polar surface area (TPSA) is 77.2 Å². The van der Waals surface area contributed by atoms with E-state index in [0.717, 1.165) is 18.9 Å². The lowest BCUT2D eigenvalue weighted by Gasteiger charge is -2.02. The summed E-state index contributed by atoms with van der Waals surface area (Å²) in [5.41, 5.74) is -0.0296. The minimum atomic E-state index is -1.05. The summed E-state index contributed by atoms with van der Waals surface area (Å²) in [5, 5.41) is 15.8. The largest absolute Gasteiger partial charge is 0.476 e. The summed E-state index contributed by atoms with van der Waals surface area (Å²) < 4.78 is 6.91. The second-order valence-corrected chi connectivity index (χ2v) is 4.02. The molecule has 1 aliphatic carbocycles. The minimum absolute atomic E-state index is 0.0296. The molecule has 0 bridgehead atoms. The van der Waals surface area contributed by atoms with E-state index in [0.29, 0.717) is 13.2 Å². The molecule has 6 heteroatoms. The fraction of sp³-hybridized carbons (Fsp3) is 0.700. The first kappa shape index (κ1) is 11.1. The van der Waals surface area contributed by atoms with Crippen LogP contribution in [0.4, 0.5) is 0 Å². The number of carboxylic acids is 1. The van der Waals surface area contributed by atoms with E-state index < -0.39 is 5.97 Å². The lowest BCUT2D eigenvalue weighted by Crippen LogP contribution is -2.07. The Morgan fingerprint density at radius 3 is 3.00 bits per heavy atom. The van der Waals surface area contributed by atoms with Crippen LogP contribution in [-0.2, 0) is 11.3 Å². The molecule has 1 aromatic rings. The molecule has 6 nitrogen and oxygen atoms in total. The first-order chi connectivity index (χ1) is 7.75. The van der Waals surface area contributed by atoms with Gasteiger partial charge in [0.25, 0.3) is 0 Å². The molecule has 0 aromatic carbocycles. The average molecular weight is 225 g/mol. The van der Waals surface area contributed by atoms with Gasteiger partial charge in [-0.3, -0.25) is 0 Å². The van der Waals surface area contributed by atoms with Crippen LogP contribution in [0.1, 0.15) is 29.8 Å². The number of ether oxygens (including phenoxy) is 1. The Morgan fingerprint density at radius 1 is 1.56 bits per heavy atom. The van der Waals surface area contributed by atoms with Crippen LogP contribution < -0.4 is 0 Å². The van der Waals surface area contributed by atoms with Gasteiger partial charge in [-0.1, -0.05) is 18.1 Å². The maximum Gasteiger partial charge on any atom is 0.358 e. The Bertz CT molecular complexity index is 360. The van der Waals surface area contributed by atoms with Gasteiger partial charge in [-0.15, -0.1) is 5.10 Å². The normalized spacial score (nSPS) is 15.2.